The number of Topliss-reactive ketones (excluding diaryl/α,β-unsaturated/α-hetero) is 1. The molecule has 0 radical (unpaired) electrons. The maximum Gasteiger partial charge on any atom is 0.306 e. The number of carbonyl (C=O) groups is 4. The van der Waals surface area contributed by atoms with Crippen molar-refractivity contribution in [1.29, 1.82) is 0 Å². The molecule has 1 amide bonds. The smallest absolute Gasteiger partial charge is 0.306 e. The lowest BCUT2D eigenvalue weighted by Crippen LogP contribution is -2.28. The number of anilines is 1. The number of benzene rings is 2. The number of nitrogens with one attached hydrogen (secondary N) is 2. The van der Waals surface area contributed by atoms with Crippen LogP contribution >= 0.6 is 0 Å². The Bertz CT molecular complexity index is 1840. The fourth-order valence-corrected chi connectivity index (χ4v) is 6.07. The predicted octanol–water partition coefficient (Wildman–Crippen LogP) is 4.54. The van der Waals surface area contributed by atoms with Crippen LogP contribution in [0.4, 0.5) is 5.69 Å². The number of amides is 1. The Morgan fingerprint density at radius 1 is 0.759 bits per heavy atom. The first-order valence-electron chi connectivity index (χ1n) is 17.4. The van der Waals surface area contributed by atoms with E-state index in [9.17, 15) is 29.4 Å². The number of nitrogens with zero attached hydrogens (tertiary/aromatic N) is 2. The lowest BCUT2D eigenvalue weighted by atomic mass is 9.91. The second-order valence-corrected chi connectivity index (χ2v) is 12.9. The van der Waals surface area contributed by atoms with E-state index in [0.717, 1.165) is 33.4 Å². The number of carboxylic acids is 2. The summed E-state index contributed by atoms with van der Waals surface area (Å²) in [6.45, 7) is 4.16. The lowest BCUT2D eigenvalue weighted by molar-refractivity contribution is -0.140. The van der Waals surface area contributed by atoms with Crippen molar-refractivity contribution in [3.8, 4) is 22.6 Å². The minimum absolute atomic E-state index is 0.0647. The highest BCUT2D eigenvalue weighted by Gasteiger charge is 2.19. The van der Waals surface area contributed by atoms with Gasteiger partial charge in [-0.2, -0.15) is 0 Å². The van der Waals surface area contributed by atoms with Gasteiger partial charge in [-0.15, -0.1) is 0 Å². The average Bonchev–Trinajstić information content (AvgIpc) is 3.13. The Morgan fingerprint density at radius 3 is 2.04 bits per heavy atom. The summed E-state index contributed by atoms with van der Waals surface area (Å²) in [6, 6.07) is 14.4. The van der Waals surface area contributed by atoms with E-state index < -0.39 is 30.1 Å². The van der Waals surface area contributed by atoms with Gasteiger partial charge in [-0.1, -0.05) is 30.3 Å². The molecule has 0 saturated heterocycles. The summed E-state index contributed by atoms with van der Waals surface area (Å²) in [4.78, 5) is 57.1. The first-order chi connectivity index (χ1) is 25.8. The first-order valence-corrected chi connectivity index (χ1v) is 17.4. The third kappa shape index (κ3) is 11.2. The van der Waals surface area contributed by atoms with Crippen LogP contribution in [-0.2, 0) is 29.0 Å². The van der Waals surface area contributed by atoms with E-state index in [1.54, 1.807) is 24.4 Å². The molecule has 0 bridgehead atoms. The zero-order chi connectivity index (χ0) is 39.4. The molecule has 0 aliphatic carbocycles. The molecule has 54 heavy (non-hydrogen) atoms. The maximum absolute atomic E-state index is 13.4. The molecule has 0 unspecified atom stereocenters. The summed E-state index contributed by atoms with van der Waals surface area (Å²) < 4.78 is 11.0. The Balaban J connectivity index is 1.45. The fourth-order valence-electron chi connectivity index (χ4n) is 6.07. The number of pyridine rings is 2. The highest BCUT2D eigenvalue weighted by molar-refractivity contribution is 6.04. The molecule has 14 nitrogen and oxygen atoms in total. The van der Waals surface area contributed by atoms with E-state index in [0.29, 0.717) is 42.0 Å². The number of aryl methyl sites for hydroxylation is 1. The third-order valence-corrected chi connectivity index (χ3v) is 9.01. The molecule has 2 atom stereocenters. The second kappa shape index (κ2) is 19.4. The number of carbonyl (C=O) groups excluding carboxylic acids is 2. The van der Waals surface area contributed by atoms with E-state index in [4.69, 9.17) is 19.7 Å². The van der Waals surface area contributed by atoms with Crippen molar-refractivity contribution in [2.75, 3.05) is 26.1 Å². The van der Waals surface area contributed by atoms with Crippen LogP contribution < -0.4 is 20.1 Å². The van der Waals surface area contributed by atoms with Gasteiger partial charge in [-0.3, -0.25) is 29.1 Å². The quantitative estimate of drug-likeness (QED) is 0.0687. The number of aromatic nitrogens is 2. The first kappa shape index (κ1) is 41.1. The van der Waals surface area contributed by atoms with Crippen LogP contribution in [0.15, 0.2) is 60.9 Å². The Hall–Kier alpha value is -5.70. The summed E-state index contributed by atoms with van der Waals surface area (Å²) in [5.41, 5.74) is 6.60. The van der Waals surface area contributed by atoms with Crippen molar-refractivity contribution in [2.24, 2.45) is 0 Å². The van der Waals surface area contributed by atoms with Gasteiger partial charge in [-0.05, 0) is 67.0 Å². The van der Waals surface area contributed by atoms with E-state index in [-0.39, 0.29) is 49.5 Å². The number of rotatable bonds is 20. The standard InChI is InChI=1S/C40H46N4O10/c1-23-25(14-35(47)33-17-37(54-4)27(21-42-33)19-41-22-29(46)16-39(50)51)8-6-11-30(23)31-12-7-13-32(24(31)2)44-40(52)34-18-36(53-3)26(20-43-34)9-5-10-28(45)15-38(48)49/h6-8,11-13,17-18,20-21,28-29,41,45-46H,5,9-10,14-16,19,22H2,1-4H3,(H,44,52)(H,48,49)(H,50,51)/t28-,29+/m1/s1. The van der Waals surface area contributed by atoms with Gasteiger partial charge in [-0.25, -0.2) is 0 Å². The summed E-state index contributed by atoms with van der Waals surface area (Å²) in [5, 5.41) is 43.3. The fraction of sp³-hybridized carbons (Fsp3) is 0.350. The summed E-state index contributed by atoms with van der Waals surface area (Å²) >= 11 is 0. The minimum Gasteiger partial charge on any atom is -0.496 e. The molecule has 0 saturated carbocycles. The second-order valence-electron chi connectivity index (χ2n) is 12.9. The van der Waals surface area contributed by atoms with Crippen molar-refractivity contribution in [1.82, 2.24) is 15.3 Å². The third-order valence-electron chi connectivity index (χ3n) is 9.01. The number of aliphatic hydroxyl groups is 2. The normalized spacial score (nSPS) is 12.1. The van der Waals surface area contributed by atoms with E-state index in [1.165, 1.54) is 20.4 Å². The SMILES string of the molecule is COc1cc(C(=O)Nc2cccc(-c3cccc(CC(=O)c4cc(OC)c(CNC[C@@H](O)CC(=O)O)cn4)c3C)c2C)ncc1CCC[C@@H](O)CC(=O)O. The van der Waals surface area contributed by atoms with Crippen LogP contribution in [0.1, 0.15) is 74.5 Å². The monoisotopic (exact) mass is 742 g/mol. The molecular weight excluding hydrogens is 696 g/mol. The van der Waals surface area contributed by atoms with Gasteiger partial charge in [0.2, 0.25) is 0 Å². The molecule has 2 aromatic carbocycles. The molecule has 2 heterocycles. The number of hydrogen-bond donors (Lipinski definition) is 6. The molecule has 0 fully saturated rings. The molecule has 0 aliphatic rings. The van der Waals surface area contributed by atoms with Crippen molar-refractivity contribution in [2.45, 2.75) is 71.1 Å². The van der Waals surface area contributed by atoms with Crippen LogP contribution in [0.2, 0.25) is 0 Å². The Kier molecular flexibility index (Phi) is 14.7. The van der Waals surface area contributed by atoms with Gasteiger partial charge in [0.25, 0.3) is 5.91 Å². The number of aliphatic hydroxyl groups excluding tert-OH is 2. The molecule has 6 N–H and O–H groups in total. The van der Waals surface area contributed by atoms with Gasteiger partial charge >= 0.3 is 11.9 Å². The molecule has 286 valence electrons. The largest absolute Gasteiger partial charge is 0.496 e. The van der Waals surface area contributed by atoms with E-state index in [1.807, 2.05) is 44.2 Å². The number of ether oxygens (including phenoxy) is 2. The predicted molar refractivity (Wildman–Crippen MR) is 200 cm³/mol. The van der Waals surface area contributed by atoms with Crippen LogP contribution in [0, 0.1) is 13.8 Å². The molecule has 0 spiro atoms. The number of aliphatic carboxylic acids is 2. The van der Waals surface area contributed by atoms with Gasteiger partial charge < -0.3 is 40.5 Å². The van der Waals surface area contributed by atoms with Gasteiger partial charge in [0.1, 0.15) is 22.9 Å². The summed E-state index contributed by atoms with van der Waals surface area (Å²) in [5.74, 6) is -1.91. The molecule has 4 rings (SSSR count). The number of methoxy groups -OCH3 is 2. The highest BCUT2D eigenvalue weighted by atomic mass is 16.5. The zero-order valence-corrected chi connectivity index (χ0v) is 30.7. The van der Waals surface area contributed by atoms with Crippen LogP contribution in [0.5, 0.6) is 11.5 Å². The van der Waals surface area contributed by atoms with Crippen LogP contribution in [0.25, 0.3) is 11.1 Å². The van der Waals surface area contributed by atoms with Crippen LogP contribution in [-0.4, -0.2) is 87.0 Å². The van der Waals surface area contributed by atoms with Crippen molar-refractivity contribution >= 4 is 29.3 Å². The van der Waals surface area contributed by atoms with Gasteiger partial charge in [0, 0.05) is 60.9 Å². The molecule has 0 aliphatic heterocycles. The zero-order valence-electron chi connectivity index (χ0n) is 30.7. The van der Waals surface area contributed by atoms with E-state index in [2.05, 4.69) is 20.6 Å². The van der Waals surface area contributed by atoms with Crippen molar-refractivity contribution < 1.29 is 49.1 Å². The highest BCUT2D eigenvalue weighted by Crippen LogP contribution is 2.33. The Morgan fingerprint density at radius 2 is 1.35 bits per heavy atom. The molecule has 14 heteroatoms. The number of hydrogen-bond acceptors (Lipinski definition) is 11. The summed E-state index contributed by atoms with van der Waals surface area (Å²) in [7, 11) is 2.97. The van der Waals surface area contributed by atoms with E-state index >= 15 is 0 Å². The molecular formula is C40H46N4O10. The number of carboxylic acid groups (broad SMARTS) is 2. The maximum atomic E-state index is 13.4. The van der Waals surface area contributed by atoms with Gasteiger partial charge in [0.15, 0.2) is 5.78 Å². The van der Waals surface area contributed by atoms with Gasteiger partial charge in [0.05, 0.1) is 39.3 Å². The molecule has 2 aromatic heterocycles. The minimum atomic E-state index is -1.09. The Labute approximate surface area is 313 Å². The van der Waals surface area contributed by atoms with Crippen molar-refractivity contribution in [3.63, 3.8) is 0 Å². The molecule has 4 aromatic rings. The summed E-state index contributed by atoms with van der Waals surface area (Å²) in [6.07, 6.45) is 1.77. The lowest BCUT2D eigenvalue weighted by Gasteiger charge is -2.17. The van der Waals surface area contributed by atoms with Crippen LogP contribution in [0.3, 0.4) is 0 Å². The average molecular weight is 743 g/mol. The topological polar surface area (TPSA) is 217 Å². The number of ketones is 1. The van der Waals surface area contributed by atoms with Crippen molar-refractivity contribution in [3.05, 3.63) is 100 Å².